The third-order valence-electron chi connectivity index (χ3n) is 2.97. The lowest BCUT2D eigenvalue weighted by atomic mass is 10.1. The van der Waals surface area contributed by atoms with E-state index in [9.17, 15) is 13.2 Å². The van der Waals surface area contributed by atoms with Crippen molar-refractivity contribution in [1.82, 2.24) is 4.98 Å². The number of nitrogens with zero attached hydrogens (tertiary/aromatic N) is 2. The van der Waals surface area contributed by atoms with Gasteiger partial charge in [0.05, 0.1) is 6.42 Å². The van der Waals surface area contributed by atoms with Crippen LogP contribution < -0.4 is 10.6 Å². The SMILES string of the molecule is CN(CCC(F)(F)F)c1ccc(N)c2ccncc12. The maximum Gasteiger partial charge on any atom is 0.390 e. The van der Waals surface area contributed by atoms with Crippen molar-refractivity contribution in [2.45, 2.75) is 12.6 Å². The first kappa shape index (κ1) is 13.5. The third kappa shape index (κ3) is 3.07. The number of hydrogen-bond donors (Lipinski definition) is 1. The molecule has 0 atom stereocenters. The summed E-state index contributed by atoms with van der Waals surface area (Å²) in [6.45, 7) is -0.0998. The molecule has 0 amide bonds. The fourth-order valence-electron chi connectivity index (χ4n) is 1.95. The van der Waals surface area contributed by atoms with Crippen LogP contribution >= 0.6 is 0 Å². The van der Waals surface area contributed by atoms with Crippen molar-refractivity contribution < 1.29 is 13.2 Å². The molecule has 0 radical (unpaired) electrons. The molecule has 0 saturated heterocycles. The molecule has 2 N–H and O–H groups in total. The van der Waals surface area contributed by atoms with Crippen LogP contribution in [0, 0.1) is 0 Å². The lowest BCUT2D eigenvalue weighted by Crippen LogP contribution is -2.24. The normalized spacial score (nSPS) is 11.8. The van der Waals surface area contributed by atoms with Crippen LogP contribution in [0.5, 0.6) is 0 Å². The van der Waals surface area contributed by atoms with Gasteiger partial charge in [-0.25, -0.2) is 0 Å². The van der Waals surface area contributed by atoms with Gasteiger partial charge in [-0.15, -0.1) is 0 Å². The van der Waals surface area contributed by atoms with Crippen LogP contribution in [0.2, 0.25) is 0 Å². The summed E-state index contributed by atoms with van der Waals surface area (Å²) in [7, 11) is 1.63. The van der Waals surface area contributed by atoms with Crippen molar-refractivity contribution in [3.63, 3.8) is 0 Å². The van der Waals surface area contributed by atoms with Gasteiger partial charge in [0.2, 0.25) is 0 Å². The van der Waals surface area contributed by atoms with Crippen molar-refractivity contribution >= 4 is 22.1 Å². The highest BCUT2D eigenvalue weighted by Crippen LogP contribution is 2.30. The zero-order valence-corrected chi connectivity index (χ0v) is 10.4. The van der Waals surface area contributed by atoms with E-state index in [2.05, 4.69) is 4.98 Å². The molecule has 0 spiro atoms. The molecule has 0 aliphatic rings. The largest absolute Gasteiger partial charge is 0.398 e. The molecule has 0 fully saturated rings. The van der Waals surface area contributed by atoms with Crippen molar-refractivity contribution in [2.75, 3.05) is 24.2 Å². The molecule has 1 heterocycles. The van der Waals surface area contributed by atoms with E-state index in [0.717, 1.165) is 10.8 Å². The first-order valence-electron chi connectivity index (χ1n) is 5.78. The number of fused-ring (bicyclic) bond motifs is 1. The van der Waals surface area contributed by atoms with Crippen LogP contribution in [0.25, 0.3) is 10.8 Å². The van der Waals surface area contributed by atoms with Crippen molar-refractivity contribution in [2.24, 2.45) is 0 Å². The molecule has 3 nitrogen and oxygen atoms in total. The Bertz CT molecular complexity index is 581. The molecule has 0 unspecified atom stereocenters. The van der Waals surface area contributed by atoms with Crippen molar-refractivity contribution in [1.29, 1.82) is 0 Å². The number of hydrogen-bond acceptors (Lipinski definition) is 3. The molecule has 2 aromatic rings. The molecule has 0 aliphatic heterocycles. The molecular weight excluding hydrogens is 255 g/mol. The van der Waals surface area contributed by atoms with Gasteiger partial charge in [0.1, 0.15) is 0 Å². The van der Waals surface area contributed by atoms with E-state index in [0.29, 0.717) is 11.4 Å². The van der Waals surface area contributed by atoms with E-state index in [4.69, 9.17) is 5.73 Å². The van der Waals surface area contributed by atoms with E-state index in [1.54, 1.807) is 42.5 Å². The highest BCUT2D eigenvalue weighted by atomic mass is 19.4. The molecular formula is C13H14F3N3. The number of nitrogen functional groups attached to an aromatic ring is 1. The Labute approximate surface area is 108 Å². The van der Waals surface area contributed by atoms with Crippen molar-refractivity contribution in [3.05, 3.63) is 30.6 Å². The van der Waals surface area contributed by atoms with Gasteiger partial charge in [-0.3, -0.25) is 4.98 Å². The van der Waals surface area contributed by atoms with Gasteiger partial charge in [-0.05, 0) is 18.2 Å². The van der Waals surface area contributed by atoms with E-state index >= 15 is 0 Å². The van der Waals surface area contributed by atoms with Gasteiger partial charge in [0.25, 0.3) is 0 Å². The molecule has 0 aliphatic carbocycles. The average Bonchev–Trinajstić information content (AvgIpc) is 2.36. The summed E-state index contributed by atoms with van der Waals surface area (Å²) in [6.07, 6.45) is -1.78. The van der Waals surface area contributed by atoms with Gasteiger partial charge >= 0.3 is 6.18 Å². The Morgan fingerprint density at radius 1 is 1.21 bits per heavy atom. The summed E-state index contributed by atoms with van der Waals surface area (Å²) >= 11 is 0. The Morgan fingerprint density at radius 2 is 1.95 bits per heavy atom. The minimum atomic E-state index is -4.16. The number of benzene rings is 1. The predicted molar refractivity (Wildman–Crippen MR) is 70.1 cm³/mol. The van der Waals surface area contributed by atoms with Gasteiger partial charge in [-0.2, -0.15) is 13.2 Å². The van der Waals surface area contributed by atoms with E-state index in [-0.39, 0.29) is 6.54 Å². The fourth-order valence-corrected chi connectivity index (χ4v) is 1.95. The quantitative estimate of drug-likeness (QED) is 0.870. The minimum Gasteiger partial charge on any atom is -0.398 e. The number of pyridine rings is 1. The fraction of sp³-hybridized carbons (Fsp3) is 0.308. The molecule has 1 aromatic carbocycles. The highest BCUT2D eigenvalue weighted by Gasteiger charge is 2.27. The standard InChI is InChI=1S/C13H14F3N3/c1-19(7-5-13(14,15)16)12-3-2-11(17)9-4-6-18-8-10(9)12/h2-4,6,8H,5,7,17H2,1H3. The lowest BCUT2D eigenvalue weighted by Gasteiger charge is -2.22. The summed E-state index contributed by atoms with van der Waals surface area (Å²) in [4.78, 5) is 5.57. The van der Waals surface area contributed by atoms with Crippen molar-refractivity contribution in [3.8, 4) is 0 Å². The predicted octanol–water partition coefficient (Wildman–Crippen LogP) is 3.21. The van der Waals surface area contributed by atoms with Gasteiger partial charge < -0.3 is 10.6 Å². The molecule has 19 heavy (non-hydrogen) atoms. The van der Waals surface area contributed by atoms with Gasteiger partial charge in [0, 0.05) is 48.1 Å². The smallest absolute Gasteiger partial charge is 0.390 e. The van der Waals surface area contributed by atoms with Gasteiger partial charge in [0.15, 0.2) is 0 Å². The number of nitrogens with two attached hydrogens (primary N) is 1. The molecule has 0 bridgehead atoms. The second-order valence-corrected chi connectivity index (χ2v) is 4.38. The van der Waals surface area contributed by atoms with Gasteiger partial charge in [-0.1, -0.05) is 0 Å². The minimum absolute atomic E-state index is 0.0998. The Kier molecular flexibility index (Phi) is 3.50. The Hall–Kier alpha value is -1.98. The molecule has 2 rings (SSSR count). The molecule has 0 saturated carbocycles. The summed E-state index contributed by atoms with van der Waals surface area (Å²) < 4.78 is 36.8. The number of rotatable bonds is 3. The molecule has 6 heteroatoms. The maximum absolute atomic E-state index is 12.3. The first-order valence-corrected chi connectivity index (χ1v) is 5.78. The highest BCUT2D eigenvalue weighted by molar-refractivity contribution is 6.00. The summed E-state index contributed by atoms with van der Waals surface area (Å²) in [5.41, 5.74) is 7.13. The second kappa shape index (κ2) is 4.95. The monoisotopic (exact) mass is 269 g/mol. The average molecular weight is 269 g/mol. The Balaban J connectivity index is 2.32. The first-order chi connectivity index (χ1) is 8.88. The topological polar surface area (TPSA) is 42.1 Å². The van der Waals surface area contributed by atoms with Crippen LogP contribution in [0.1, 0.15) is 6.42 Å². The van der Waals surface area contributed by atoms with E-state index < -0.39 is 12.6 Å². The van der Waals surface area contributed by atoms with Crippen LogP contribution in [0.15, 0.2) is 30.6 Å². The molecule has 1 aromatic heterocycles. The van der Waals surface area contributed by atoms with E-state index in [1.165, 1.54) is 0 Å². The summed E-state index contributed by atoms with van der Waals surface area (Å²) in [6, 6.07) is 5.17. The third-order valence-corrected chi connectivity index (χ3v) is 2.97. The maximum atomic E-state index is 12.3. The summed E-state index contributed by atoms with van der Waals surface area (Å²) in [5, 5.41) is 1.55. The number of halogens is 3. The number of alkyl halides is 3. The molecule has 102 valence electrons. The lowest BCUT2D eigenvalue weighted by molar-refractivity contribution is -0.132. The van der Waals surface area contributed by atoms with Crippen LogP contribution in [-0.2, 0) is 0 Å². The van der Waals surface area contributed by atoms with E-state index in [1.807, 2.05) is 0 Å². The Morgan fingerprint density at radius 3 is 2.63 bits per heavy atom. The second-order valence-electron chi connectivity index (χ2n) is 4.38. The summed E-state index contributed by atoms with van der Waals surface area (Å²) in [5.74, 6) is 0. The zero-order valence-electron chi connectivity index (χ0n) is 10.4. The number of aromatic nitrogens is 1. The number of anilines is 2. The van der Waals surface area contributed by atoms with Crippen LogP contribution in [-0.4, -0.2) is 24.8 Å². The van der Waals surface area contributed by atoms with Crippen LogP contribution in [0.4, 0.5) is 24.5 Å². The zero-order chi connectivity index (χ0) is 14.0. The van der Waals surface area contributed by atoms with Crippen LogP contribution in [0.3, 0.4) is 0 Å².